The zero-order chi connectivity index (χ0) is 13.9. The first kappa shape index (κ1) is 13.1. The Morgan fingerprint density at radius 3 is 2.85 bits per heavy atom. The van der Waals surface area contributed by atoms with E-state index in [4.69, 9.17) is 5.26 Å². The number of rotatable bonds is 3. The predicted molar refractivity (Wildman–Crippen MR) is 75.3 cm³/mol. The van der Waals surface area contributed by atoms with Crippen molar-refractivity contribution in [1.29, 1.82) is 5.26 Å². The molecular formula is C14H15N5S. The van der Waals surface area contributed by atoms with Crippen LogP contribution in [0.25, 0.3) is 0 Å². The minimum Gasteiger partial charge on any atom is -0.217 e. The summed E-state index contributed by atoms with van der Waals surface area (Å²) >= 11 is 1.56. The van der Waals surface area contributed by atoms with Gasteiger partial charge in [0.15, 0.2) is 0 Å². The summed E-state index contributed by atoms with van der Waals surface area (Å²) in [5, 5.41) is 21.9. The zero-order valence-electron chi connectivity index (χ0n) is 11.3. The van der Waals surface area contributed by atoms with Gasteiger partial charge in [0, 0.05) is 4.90 Å². The molecule has 1 aliphatic rings. The second kappa shape index (κ2) is 5.63. The Hall–Kier alpha value is -1.87. The van der Waals surface area contributed by atoms with E-state index >= 15 is 0 Å². The summed E-state index contributed by atoms with van der Waals surface area (Å²) in [6.45, 7) is 1.95. The second-order valence-corrected chi connectivity index (χ2v) is 6.08. The Labute approximate surface area is 122 Å². The Kier molecular flexibility index (Phi) is 3.70. The van der Waals surface area contributed by atoms with Gasteiger partial charge in [0.2, 0.25) is 5.16 Å². The maximum atomic E-state index is 8.96. The van der Waals surface area contributed by atoms with Crippen molar-refractivity contribution in [3.63, 3.8) is 0 Å². The highest BCUT2D eigenvalue weighted by Crippen LogP contribution is 2.34. The molecule has 0 unspecified atom stereocenters. The molecule has 1 fully saturated rings. The Morgan fingerprint density at radius 2 is 2.15 bits per heavy atom. The molecule has 5 nitrogen and oxygen atoms in total. The van der Waals surface area contributed by atoms with Gasteiger partial charge in [-0.3, -0.25) is 0 Å². The Bertz CT molecular complexity index is 652. The van der Waals surface area contributed by atoms with Gasteiger partial charge < -0.3 is 0 Å². The van der Waals surface area contributed by atoms with Crippen LogP contribution in [0.4, 0.5) is 0 Å². The molecule has 1 heterocycles. The van der Waals surface area contributed by atoms with Crippen molar-refractivity contribution in [3.05, 3.63) is 29.3 Å². The summed E-state index contributed by atoms with van der Waals surface area (Å²) in [7, 11) is 0. The minimum absolute atomic E-state index is 0.437. The number of hydrogen-bond donors (Lipinski definition) is 0. The smallest absolute Gasteiger partial charge is 0.214 e. The highest BCUT2D eigenvalue weighted by molar-refractivity contribution is 7.99. The van der Waals surface area contributed by atoms with Gasteiger partial charge in [-0.2, -0.15) is 5.26 Å². The van der Waals surface area contributed by atoms with E-state index in [2.05, 4.69) is 21.6 Å². The molecule has 2 aromatic rings. The number of aromatic nitrogens is 4. The fourth-order valence-electron chi connectivity index (χ4n) is 2.56. The van der Waals surface area contributed by atoms with Crippen LogP contribution in [0.2, 0.25) is 0 Å². The number of nitrogens with zero attached hydrogens (tertiary/aromatic N) is 5. The lowest BCUT2D eigenvalue weighted by molar-refractivity contribution is 0.423. The van der Waals surface area contributed by atoms with Crippen LogP contribution in [0.1, 0.15) is 42.9 Å². The number of nitriles is 1. The highest BCUT2D eigenvalue weighted by Gasteiger charge is 2.21. The first-order valence-electron chi connectivity index (χ1n) is 6.74. The third kappa shape index (κ3) is 2.54. The average Bonchev–Trinajstić information content (AvgIpc) is 3.09. The third-order valence-corrected chi connectivity index (χ3v) is 4.60. The van der Waals surface area contributed by atoms with Gasteiger partial charge in [-0.05, 0) is 65.7 Å². The van der Waals surface area contributed by atoms with Gasteiger partial charge >= 0.3 is 0 Å². The fraction of sp³-hybridized carbons (Fsp3) is 0.429. The van der Waals surface area contributed by atoms with Crippen LogP contribution in [0.5, 0.6) is 0 Å². The van der Waals surface area contributed by atoms with Crippen molar-refractivity contribution >= 4 is 11.8 Å². The first-order valence-corrected chi connectivity index (χ1v) is 7.56. The molecule has 0 saturated heterocycles. The number of benzene rings is 1. The standard InChI is InChI=1S/C14H15N5S/c1-10-8-13(7-6-11(10)9-15)20-14-16-17-18-19(14)12-4-2-3-5-12/h6-8,12H,2-5H2,1H3. The summed E-state index contributed by atoms with van der Waals surface area (Å²) in [6.07, 6.45) is 4.82. The fourth-order valence-corrected chi connectivity index (χ4v) is 3.50. The molecule has 0 radical (unpaired) electrons. The van der Waals surface area contributed by atoms with E-state index in [0.717, 1.165) is 28.5 Å². The van der Waals surface area contributed by atoms with Crippen LogP contribution < -0.4 is 0 Å². The maximum Gasteiger partial charge on any atom is 0.214 e. The Morgan fingerprint density at radius 1 is 1.35 bits per heavy atom. The van der Waals surface area contributed by atoms with E-state index in [-0.39, 0.29) is 0 Å². The lowest BCUT2D eigenvalue weighted by Crippen LogP contribution is -2.08. The molecule has 0 spiro atoms. The lowest BCUT2D eigenvalue weighted by atomic mass is 10.1. The quantitative estimate of drug-likeness (QED) is 0.866. The molecule has 0 amide bonds. The van der Waals surface area contributed by atoms with Gasteiger partial charge in [-0.15, -0.1) is 5.10 Å². The van der Waals surface area contributed by atoms with E-state index in [1.807, 2.05) is 29.8 Å². The number of aryl methyl sites for hydroxylation is 1. The molecule has 0 bridgehead atoms. The molecule has 0 aliphatic heterocycles. The normalized spacial score (nSPS) is 15.4. The summed E-state index contributed by atoms with van der Waals surface area (Å²) in [4.78, 5) is 1.07. The Balaban J connectivity index is 1.83. The van der Waals surface area contributed by atoms with E-state index < -0.39 is 0 Å². The molecule has 1 aromatic heterocycles. The van der Waals surface area contributed by atoms with Crippen molar-refractivity contribution in [1.82, 2.24) is 20.2 Å². The van der Waals surface area contributed by atoms with Crippen molar-refractivity contribution in [2.75, 3.05) is 0 Å². The molecule has 20 heavy (non-hydrogen) atoms. The van der Waals surface area contributed by atoms with Crippen LogP contribution in [-0.4, -0.2) is 20.2 Å². The average molecular weight is 285 g/mol. The zero-order valence-corrected chi connectivity index (χ0v) is 12.1. The van der Waals surface area contributed by atoms with Crippen LogP contribution >= 0.6 is 11.8 Å². The van der Waals surface area contributed by atoms with Crippen molar-refractivity contribution in [3.8, 4) is 6.07 Å². The first-order chi connectivity index (χ1) is 9.78. The van der Waals surface area contributed by atoms with Crippen molar-refractivity contribution in [2.24, 2.45) is 0 Å². The van der Waals surface area contributed by atoms with Crippen LogP contribution in [0.15, 0.2) is 28.3 Å². The summed E-state index contributed by atoms with van der Waals surface area (Å²) in [5.41, 5.74) is 1.70. The van der Waals surface area contributed by atoms with Crippen LogP contribution in [0.3, 0.4) is 0 Å². The molecule has 1 aliphatic carbocycles. The van der Waals surface area contributed by atoms with Crippen molar-refractivity contribution < 1.29 is 0 Å². The highest BCUT2D eigenvalue weighted by atomic mass is 32.2. The topological polar surface area (TPSA) is 67.4 Å². The van der Waals surface area contributed by atoms with E-state index in [1.165, 1.54) is 12.8 Å². The molecule has 102 valence electrons. The molecule has 6 heteroatoms. The van der Waals surface area contributed by atoms with Gasteiger partial charge in [0.05, 0.1) is 17.7 Å². The largest absolute Gasteiger partial charge is 0.217 e. The van der Waals surface area contributed by atoms with E-state index in [1.54, 1.807) is 11.8 Å². The van der Waals surface area contributed by atoms with Crippen molar-refractivity contribution in [2.45, 2.75) is 48.7 Å². The number of hydrogen-bond acceptors (Lipinski definition) is 5. The summed E-state index contributed by atoms with van der Waals surface area (Å²) in [5.74, 6) is 0. The molecule has 0 N–H and O–H groups in total. The molecule has 0 atom stereocenters. The van der Waals surface area contributed by atoms with Gasteiger partial charge in [0.1, 0.15) is 0 Å². The number of tetrazole rings is 1. The molecule has 3 rings (SSSR count). The second-order valence-electron chi connectivity index (χ2n) is 5.03. The maximum absolute atomic E-state index is 8.96. The monoisotopic (exact) mass is 285 g/mol. The van der Waals surface area contributed by atoms with Gasteiger partial charge in [0.25, 0.3) is 0 Å². The minimum atomic E-state index is 0.437. The molecule has 1 aromatic carbocycles. The van der Waals surface area contributed by atoms with Gasteiger partial charge in [-0.25, -0.2) is 4.68 Å². The summed E-state index contributed by atoms with van der Waals surface area (Å²) < 4.78 is 1.95. The SMILES string of the molecule is Cc1cc(Sc2nnnn2C2CCCC2)ccc1C#N. The third-order valence-electron chi connectivity index (χ3n) is 3.66. The van der Waals surface area contributed by atoms with Gasteiger partial charge in [-0.1, -0.05) is 12.8 Å². The van der Waals surface area contributed by atoms with E-state index in [0.29, 0.717) is 11.6 Å². The van der Waals surface area contributed by atoms with Crippen LogP contribution in [0, 0.1) is 18.3 Å². The van der Waals surface area contributed by atoms with Crippen LogP contribution in [-0.2, 0) is 0 Å². The van der Waals surface area contributed by atoms with E-state index in [9.17, 15) is 0 Å². The molecular weight excluding hydrogens is 270 g/mol. The lowest BCUT2D eigenvalue weighted by Gasteiger charge is -2.10. The predicted octanol–water partition coefficient (Wildman–Crippen LogP) is 3.12. The molecule has 1 saturated carbocycles. The summed E-state index contributed by atoms with van der Waals surface area (Å²) in [6, 6.07) is 8.43.